The Balaban J connectivity index is 2.29. The molecule has 5 heteroatoms. The van der Waals surface area contributed by atoms with Crippen LogP contribution >= 0.6 is 15.9 Å². The number of ether oxygens (including phenoxy) is 2. The van der Waals surface area contributed by atoms with Crippen LogP contribution in [0.3, 0.4) is 0 Å². The predicted octanol–water partition coefficient (Wildman–Crippen LogP) is 2.57. The fourth-order valence-electron chi connectivity index (χ4n) is 2.78. The number of benzene rings is 1. The van der Waals surface area contributed by atoms with Crippen LogP contribution in [-0.2, 0) is 4.74 Å². The zero-order valence-electron chi connectivity index (χ0n) is 12.4. The molecule has 0 bridgehead atoms. The van der Waals surface area contributed by atoms with Gasteiger partial charge in [-0.1, -0.05) is 6.07 Å². The van der Waals surface area contributed by atoms with Crippen molar-refractivity contribution in [3.8, 4) is 5.75 Å². The van der Waals surface area contributed by atoms with Gasteiger partial charge in [-0.2, -0.15) is 0 Å². The quantitative estimate of drug-likeness (QED) is 0.913. The van der Waals surface area contributed by atoms with Gasteiger partial charge in [-0.05, 0) is 47.5 Å². The van der Waals surface area contributed by atoms with Gasteiger partial charge in [-0.3, -0.25) is 4.90 Å². The Labute approximate surface area is 129 Å². The van der Waals surface area contributed by atoms with Crippen molar-refractivity contribution in [3.05, 3.63) is 28.2 Å². The summed E-state index contributed by atoms with van der Waals surface area (Å²) in [5.41, 5.74) is 7.25. The highest BCUT2D eigenvalue weighted by Gasteiger charge is 2.35. The minimum absolute atomic E-state index is 0.00527. The molecule has 1 aromatic rings. The van der Waals surface area contributed by atoms with Gasteiger partial charge < -0.3 is 15.2 Å². The summed E-state index contributed by atoms with van der Waals surface area (Å²) < 4.78 is 11.8. The highest BCUT2D eigenvalue weighted by Crippen LogP contribution is 2.34. The SMILES string of the molecule is COc1ccc(C(CN)N2CCOCC2(C)C)cc1Br. The Morgan fingerprint density at radius 1 is 1.50 bits per heavy atom. The second-order valence-corrected chi connectivity index (χ2v) is 6.56. The van der Waals surface area contributed by atoms with Crippen LogP contribution < -0.4 is 10.5 Å². The Bertz CT molecular complexity index is 465. The molecule has 1 saturated heterocycles. The average Bonchev–Trinajstić information content (AvgIpc) is 2.41. The first kappa shape index (κ1) is 15.8. The molecule has 1 aliphatic rings. The first-order chi connectivity index (χ1) is 9.49. The topological polar surface area (TPSA) is 47.7 Å². The molecule has 2 N–H and O–H groups in total. The molecule has 0 spiro atoms. The number of hydrogen-bond acceptors (Lipinski definition) is 4. The van der Waals surface area contributed by atoms with Gasteiger partial charge in [0.1, 0.15) is 5.75 Å². The van der Waals surface area contributed by atoms with Gasteiger partial charge in [-0.15, -0.1) is 0 Å². The van der Waals surface area contributed by atoms with E-state index >= 15 is 0 Å². The Hall–Kier alpha value is -0.620. The molecular weight excluding hydrogens is 320 g/mol. The van der Waals surface area contributed by atoms with E-state index in [9.17, 15) is 0 Å². The summed E-state index contributed by atoms with van der Waals surface area (Å²) in [6, 6.07) is 6.36. The van der Waals surface area contributed by atoms with Crippen LogP contribution in [-0.4, -0.2) is 43.9 Å². The highest BCUT2D eigenvalue weighted by atomic mass is 79.9. The normalized spacial score (nSPS) is 20.6. The van der Waals surface area contributed by atoms with Crippen LogP contribution in [0.15, 0.2) is 22.7 Å². The number of halogens is 1. The minimum Gasteiger partial charge on any atom is -0.496 e. The van der Waals surface area contributed by atoms with Crippen molar-refractivity contribution in [1.82, 2.24) is 4.90 Å². The number of methoxy groups -OCH3 is 1. The maximum absolute atomic E-state index is 6.05. The van der Waals surface area contributed by atoms with E-state index in [1.807, 2.05) is 6.07 Å². The molecule has 1 atom stereocenters. The number of hydrogen-bond donors (Lipinski definition) is 1. The monoisotopic (exact) mass is 342 g/mol. The summed E-state index contributed by atoms with van der Waals surface area (Å²) in [6.45, 7) is 7.39. The van der Waals surface area contributed by atoms with E-state index in [1.54, 1.807) is 7.11 Å². The lowest BCUT2D eigenvalue weighted by Crippen LogP contribution is -2.55. The summed E-state index contributed by atoms with van der Waals surface area (Å²) >= 11 is 3.55. The van der Waals surface area contributed by atoms with Crippen molar-refractivity contribution in [1.29, 1.82) is 0 Å². The van der Waals surface area contributed by atoms with Crippen LogP contribution in [0.4, 0.5) is 0 Å². The van der Waals surface area contributed by atoms with E-state index in [1.165, 1.54) is 5.56 Å². The molecule has 0 radical (unpaired) electrons. The number of nitrogens with two attached hydrogens (primary N) is 1. The average molecular weight is 343 g/mol. The van der Waals surface area contributed by atoms with Crippen molar-refractivity contribution in [2.24, 2.45) is 5.73 Å². The Morgan fingerprint density at radius 3 is 2.80 bits per heavy atom. The molecule has 0 aliphatic carbocycles. The summed E-state index contributed by atoms with van der Waals surface area (Å²) in [5, 5.41) is 0. The number of morpholine rings is 1. The third-order valence-electron chi connectivity index (χ3n) is 3.87. The molecule has 112 valence electrons. The molecule has 1 fully saturated rings. The maximum Gasteiger partial charge on any atom is 0.133 e. The lowest BCUT2D eigenvalue weighted by Gasteiger charge is -2.46. The predicted molar refractivity (Wildman–Crippen MR) is 84.1 cm³/mol. The molecule has 2 rings (SSSR count). The van der Waals surface area contributed by atoms with Gasteiger partial charge in [-0.25, -0.2) is 0 Å². The third kappa shape index (κ3) is 3.17. The van der Waals surface area contributed by atoms with E-state index in [4.69, 9.17) is 15.2 Å². The van der Waals surface area contributed by atoms with E-state index in [-0.39, 0.29) is 11.6 Å². The fourth-order valence-corrected chi connectivity index (χ4v) is 3.34. The third-order valence-corrected chi connectivity index (χ3v) is 4.49. The number of rotatable bonds is 4. The molecule has 0 saturated carbocycles. The van der Waals surface area contributed by atoms with E-state index in [0.29, 0.717) is 6.54 Å². The van der Waals surface area contributed by atoms with Crippen LogP contribution in [0.25, 0.3) is 0 Å². The molecule has 1 heterocycles. The van der Waals surface area contributed by atoms with Gasteiger partial charge in [0.2, 0.25) is 0 Å². The van der Waals surface area contributed by atoms with Crippen molar-refractivity contribution < 1.29 is 9.47 Å². The summed E-state index contributed by atoms with van der Waals surface area (Å²) in [7, 11) is 1.67. The van der Waals surface area contributed by atoms with Gasteiger partial charge in [0, 0.05) is 24.7 Å². The first-order valence-electron chi connectivity index (χ1n) is 6.87. The molecule has 0 amide bonds. The summed E-state index contributed by atoms with van der Waals surface area (Å²) in [6.07, 6.45) is 0. The minimum atomic E-state index is -0.00527. The lowest BCUT2D eigenvalue weighted by molar-refractivity contribution is -0.0712. The van der Waals surface area contributed by atoms with E-state index < -0.39 is 0 Å². The molecule has 20 heavy (non-hydrogen) atoms. The molecule has 1 aliphatic heterocycles. The summed E-state index contributed by atoms with van der Waals surface area (Å²) in [5.74, 6) is 0.839. The summed E-state index contributed by atoms with van der Waals surface area (Å²) in [4.78, 5) is 2.44. The van der Waals surface area contributed by atoms with E-state index in [0.717, 1.165) is 30.0 Å². The molecule has 0 aromatic heterocycles. The van der Waals surface area contributed by atoms with Crippen molar-refractivity contribution >= 4 is 15.9 Å². The van der Waals surface area contributed by atoms with Crippen LogP contribution in [0.5, 0.6) is 5.75 Å². The fraction of sp³-hybridized carbons (Fsp3) is 0.600. The second-order valence-electron chi connectivity index (χ2n) is 5.70. The smallest absolute Gasteiger partial charge is 0.133 e. The Morgan fingerprint density at radius 2 is 2.25 bits per heavy atom. The first-order valence-corrected chi connectivity index (χ1v) is 7.67. The maximum atomic E-state index is 6.05. The molecular formula is C15H23BrN2O2. The lowest BCUT2D eigenvalue weighted by atomic mass is 9.95. The standard InChI is InChI=1S/C15H23BrN2O2/c1-15(2)10-20-7-6-18(15)13(9-17)11-4-5-14(19-3)12(16)8-11/h4-5,8,13H,6-7,9-10,17H2,1-3H3. The zero-order valence-corrected chi connectivity index (χ0v) is 13.9. The highest BCUT2D eigenvalue weighted by molar-refractivity contribution is 9.10. The van der Waals surface area contributed by atoms with Crippen LogP contribution in [0.2, 0.25) is 0 Å². The Kier molecular flexibility index (Phi) is 5.07. The van der Waals surface area contributed by atoms with Gasteiger partial charge in [0.05, 0.1) is 24.8 Å². The molecule has 1 aromatic carbocycles. The van der Waals surface area contributed by atoms with Gasteiger partial charge >= 0.3 is 0 Å². The van der Waals surface area contributed by atoms with Gasteiger partial charge in [0.15, 0.2) is 0 Å². The second kappa shape index (κ2) is 6.43. The van der Waals surface area contributed by atoms with Crippen molar-refractivity contribution in [2.75, 3.05) is 33.4 Å². The largest absolute Gasteiger partial charge is 0.496 e. The van der Waals surface area contributed by atoms with Gasteiger partial charge in [0.25, 0.3) is 0 Å². The number of nitrogens with zero attached hydrogens (tertiary/aromatic N) is 1. The molecule has 1 unspecified atom stereocenters. The van der Waals surface area contributed by atoms with E-state index in [2.05, 4.69) is 46.8 Å². The van der Waals surface area contributed by atoms with Crippen molar-refractivity contribution in [3.63, 3.8) is 0 Å². The van der Waals surface area contributed by atoms with Crippen LogP contribution in [0, 0.1) is 0 Å². The van der Waals surface area contributed by atoms with Crippen LogP contribution in [0.1, 0.15) is 25.5 Å². The molecule has 4 nitrogen and oxygen atoms in total. The zero-order chi connectivity index (χ0) is 14.8. The van der Waals surface area contributed by atoms with Crippen molar-refractivity contribution in [2.45, 2.75) is 25.4 Å².